The van der Waals surface area contributed by atoms with E-state index in [1.807, 2.05) is 97.1 Å². The molecule has 13 rings (SSSR count). The third kappa shape index (κ3) is 18.7. The van der Waals surface area contributed by atoms with E-state index in [0.717, 1.165) is 57.7 Å². The first-order chi connectivity index (χ1) is 56.8. The summed E-state index contributed by atoms with van der Waals surface area (Å²) in [5.74, 6) is -4.17. The Morgan fingerprint density at radius 1 is 0.295 bits per heavy atom. The van der Waals surface area contributed by atoms with Crippen LogP contribution in [0.25, 0.3) is 43.1 Å². The number of amides is 6. The van der Waals surface area contributed by atoms with Crippen LogP contribution < -0.4 is 39.1 Å². The first kappa shape index (κ1) is 87.4. The molecule has 0 atom stereocenters. The Balaban J connectivity index is 1.13. The summed E-state index contributed by atoms with van der Waals surface area (Å²) >= 11 is 0. The van der Waals surface area contributed by atoms with Gasteiger partial charge >= 0.3 is 11.9 Å². The largest absolute Gasteiger partial charge is 0.457 e. The number of fused-ring (bicyclic) bond motifs is 2. The molecule has 18 nitrogen and oxygen atoms in total. The molecule has 2 N–H and O–H groups in total. The summed E-state index contributed by atoms with van der Waals surface area (Å²) < 4.78 is 40.6. The van der Waals surface area contributed by atoms with Crippen LogP contribution in [0.3, 0.4) is 0 Å². The van der Waals surface area contributed by atoms with Gasteiger partial charge in [-0.1, -0.05) is 200 Å². The molecule has 0 aromatic heterocycles. The van der Waals surface area contributed by atoms with Crippen molar-refractivity contribution >= 4 is 102 Å². The van der Waals surface area contributed by atoms with Crippen LogP contribution in [0.4, 0.5) is 11.4 Å². The van der Waals surface area contributed by atoms with Gasteiger partial charge in [0.25, 0.3) is 23.6 Å². The van der Waals surface area contributed by atoms with Crippen LogP contribution in [0, 0.1) is 21.7 Å². The second kappa shape index (κ2) is 32.2. The van der Waals surface area contributed by atoms with Gasteiger partial charge in [0.05, 0.1) is 22.3 Å². The highest BCUT2D eigenvalue weighted by Crippen LogP contribution is 2.59. The quantitative estimate of drug-likeness (QED) is 0.0129. The summed E-state index contributed by atoms with van der Waals surface area (Å²) in [5, 5.41) is 7.51. The van der Waals surface area contributed by atoms with E-state index < -0.39 is 60.5 Å². The number of carbonyl (C=O) groups excluding carboxylic acids is 8. The lowest BCUT2D eigenvalue weighted by Crippen LogP contribution is -2.45. The number of nitrogens with zero attached hydrogens (tertiary/aromatic N) is 2. The molecule has 0 aliphatic carbocycles. The summed E-state index contributed by atoms with van der Waals surface area (Å²) in [6, 6.07) is 49.4. The van der Waals surface area contributed by atoms with Crippen molar-refractivity contribution in [1.82, 2.24) is 9.80 Å². The van der Waals surface area contributed by atoms with Gasteiger partial charge in [-0.05, 0) is 226 Å². The van der Waals surface area contributed by atoms with E-state index in [2.05, 4.69) is 162 Å². The maximum absolute atomic E-state index is 16.3. The molecule has 122 heavy (non-hydrogen) atoms. The molecule has 0 saturated heterocycles. The summed E-state index contributed by atoms with van der Waals surface area (Å²) in [6.45, 7) is 52.9. The number of esters is 2. The van der Waals surface area contributed by atoms with E-state index >= 15 is 19.2 Å². The number of carbonyl (C=O) groups is 8. The van der Waals surface area contributed by atoms with Crippen LogP contribution in [0.2, 0.25) is 0 Å². The summed E-state index contributed by atoms with van der Waals surface area (Å²) in [7, 11) is 0. The van der Waals surface area contributed by atoms with Gasteiger partial charge in [-0.15, -0.1) is 0 Å². The van der Waals surface area contributed by atoms with Crippen molar-refractivity contribution in [2.75, 3.05) is 23.7 Å². The molecule has 0 fully saturated rings. The number of nitrogens with one attached hydrogen (secondary N) is 2. The number of anilines is 2. The molecule has 2 heterocycles. The average molecular weight is 1640 g/mol. The standard InChI is InChI=1S/C104H112N4O14/c1-59(2)95(115)121-71-45-33-65(34-46-71)105-81(109)53-107-91(111)73-49-77(117-67-37-25-61(26-38-67)101(17,18)55-97(5,6)7)85-87-79(119-69-41-29-63(30-42-69)103(21,22)57-99(11,12)13)51-75-84-76(94(114)108(93(75)113)54-82(110)106-66-35-47-72(48-36-66)122-96(116)60(3)4)52-80(120-70-43-31-64(32-44-70)104(23,24)58-100(14,15)16)88(90(84)87)86-78(50-74(92(107)112)83(73)89(85)86)118-68-39-27-62(28-40-68)102(19,20)56-98(8,9)10/h25-52H,1,3,53-58H2,2,4-24H3,(H,105,109)(H,106,110). The molecular formula is C104H112N4O14. The maximum Gasteiger partial charge on any atom is 0.338 e. The predicted octanol–water partition coefficient (Wildman–Crippen LogP) is 25.2. The van der Waals surface area contributed by atoms with Crippen LogP contribution >= 0.6 is 0 Å². The lowest BCUT2D eigenvalue weighted by Gasteiger charge is -2.33. The van der Waals surface area contributed by atoms with E-state index in [1.54, 1.807) is 24.3 Å². The van der Waals surface area contributed by atoms with Crippen molar-refractivity contribution in [3.05, 3.63) is 239 Å². The molecule has 11 aromatic rings. The molecule has 0 saturated carbocycles. The highest BCUT2D eigenvalue weighted by molar-refractivity contribution is 6.45. The Morgan fingerprint density at radius 3 is 0.697 bits per heavy atom. The first-order valence-corrected chi connectivity index (χ1v) is 41.6. The molecule has 6 amide bonds. The van der Waals surface area contributed by atoms with Gasteiger partial charge in [0.15, 0.2) is 0 Å². The van der Waals surface area contributed by atoms with Crippen LogP contribution in [0.15, 0.2) is 194 Å². The smallest absolute Gasteiger partial charge is 0.338 e. The average Bonchev–Trinajstić information content (AvgIpc) is 0.670. The zero-order valence-electron chi connectivity index (χ0n) is 74.4. The van der Waals surface area contributed by atoms with E-state index in [9.17, 15) is 19.2 Å². The van der Waals surface area contributed by atoms with Crippen LogP contribution in [-0.4, -0.2) is 70.3 Å². The van der Waals surface area contributed by atoms with Gasteiger partial charge in [-0.2, -0.15) is 0 Å². The Kier molecular flexibility index (Phi) is 23.0. The number of benzene rings is 11. The molecule has 18 heteroatoms. The topological polar surface area (TPSA) is 222 Å². The second-order valence-corrected chi connectivity index (χ2v) is 40.6. The second-order valence-electron chi connectivity index (χ2n) is 40.6. The number of imide groups is 2. The Morgan fingerprint density at radius 2 is 0.500 bits per heavy atom. The summed E-state index contributed by atoms with van der Waals surface area (Å²) in [4.78, 5) is 121. The predicted molar refractivity (Wildman–Crippen MR) is 484 cm³/mol. The lowest BCUT2D eigenvalue weighted by atomic mass is 9.72. The van der Waals surface area contributed by atoms with Gasteiger partial charge in [0.2, 0.25) is 11.8 Å². The van der Waals surface area contributed by atoms with Gasteiger partial charge in [-0.25, -0.2) is 9.59 Å². The fraction of sp³-hybridized carbons (Fsp3) is 0.346. The SMILES string of the molecule is C=C(C)C(=O)Oc1ccc(NC(=O)CN2C(=O)c3cc(Oc4ccc(C(C)(C)CC(C)(C)C)cc4)c4c5c(Oc6ccc(C(C)(C)CC(C)(C)C)cc6)cc6c7c(cc(Oc8ccc(C(C)(C)CC(C)(C)C)cc8)c(c8c(Oc9ccc(C(C)(C)CC(C)(C)C)cc9)cc(c3c48)C2=O)c75)C(=O)N(CC(=O)Nc2ccc(OC(=O)C(=C)C)cc2)C6=O)cc1. The van der Waals surface area contributed by atoms with Gasteiger partial charge in [-0.3, -0.25) is 38.6 Å². The fourth-order valence-electron chi connectivity index (χ4n) is 18.6. The number of hydrogen-bond acceptors (Lipinski definition) is 14. The van der Waals surface area contributed by atoms with E-state index in [1.165, 1.54) is 62.4 Å². The van der Waals surface area contributed by atoms with Crippen molar-refractivity contribution in [2.45, 2.75) is 200 Å². The minimum atomic E-state index is -0.849. The van der Waals surface area contributed by atoms with Crippen molar-refractivity contribution in [1.29, 1.82) is 0 Å². The van der Waals surface area contributed by atoms with E-state index in [4.69, 9.17) is 28.4 Å². The molecular weight excluding hydrogens is 1530 g/mol. The van der Waals surface area contributed by atoms with Crippen molar-refractivity contribution in [2.24, 2.45) is 21.7 Å². The molecule has 632 valence electrons. The molecule has 0 radical (unpaired) electrons. The van der Waals surface area contributed by atoms with Crippen molar-refractivity contribution < 1.29 is 66.8 Å². The number of rotatable bonds is 26. The Bertz CT molecular complexity index is 5410. The zero-order valence-corrected chi connectivity index (χ0v) is 74.4. The van der Waals surface area contributed by atoms with Gasteiger partial charge in [0, 0.05) is 65.6 Å². The molecule has 2 aliphatic heterocycles. The monoisotopic (exact) mass is 1640 g/mol. The van der Waals surface area contributed by atoms with E-state index in [-0.39, 0.29) is 166 Å². The van der Waals surface area contributed by atoms with E-state index in [0.29, 0.717) is 23.0 Å². The molecule has 0 bridgehead atoms. The van der Waals surface area contributed by atoms with Crippen molar-refractivity contribution in [3.8, 4) is 57.5 Å². The van der Waals surface area contributed by atoms with Crippen LogP contribution in [0.1, 0.15) is 242 Å². The minimum Gasteiger partial charge on any atom is -0.457 e. The van der Waals surface area contributed by atoms with Gasteiger partial charge < -0.3 is 39.1 Å². The molecule has 2 aliphatic rings. The Labute approximate surface area is 715 Å². The highest BCUT2D eigenvalue weighted by atomic mass is 16.5. The number of hydrogen-bond donors (Lipinski definition) is 2. The fourth-order valence-corrected chi connectivity index (χ4v) is 18.6. The third-order valence-electron chi connectivity index (χ3n) is 22.4. The maximum atomic E-state index is 16.3. The summed E-state index contributed by atoms with van der Waals surface area (Å²) in [6.07, 6.45) is 3.35. The normalized spacial score (nSPS) is 13.6. The Hall–Kier alpha value is -12.4. The number of ether oxygens (including phenoxy) is 6. The molecule has 0 spiro atoms. The van der Waals surface area contributed by atoms with Crippen LogP contribution in [-0.2, 0) is 40.8 Å². The third-order valence-corrected chi connectivity index (χ3v) is 22.4. The van der Waals surface area contributed by atoms with Gasteiger partial charge in [0.1, 0.15) is 70.6 Å². The van der Waals surface area contributed by atoms with Crippen molar-refractivity contribution in [3.63, 3.8) is 0 Å². The molecule has 0 unspecified atom stereocenters. The molecule has 11 aromatic carbocycles. The highest BCUT2D eigenvalue weighted by Gasteiger charge is 2.44. The zero-order chi connectivity index (χ0) is 88.8. The van der Waals surface area contributed by atoms with Crippen LogP contribution in [0.5, 0.6) is 57.5 Å². The lowest BCUT2D eigenvalue weighted by molar-refractivity contribution is -0.130. The summed E-state index contributed by atoms with van der Waals surface area (Å²) in [5.41, 5.74) is 3.52. The first-order valence-electron chi connectivity index (χ1n) is 41.6. The minimum absolute atomic E-state index is 0.0340.